The Hall–Kier alpha value is -1.60. The van der Waals surface area contributed by atoms with E-state index >= 15 is 0 Å². The van der Waals surface area contributed by atoms with Crippen LogP contribution in [0.5, 0.6) is 0 Å². The van der Waals surface area contributed by atoms with E-state index in [4.69, 9.17) is 5.73 Å². The fourth-order valence-electron chi connectivity index (χ4n) is 1.97. The Morgan fingerprint density at radius 2 is 2.14 bits per heavy atom. The van der Waals surface area contributed by atoms with E-state index in [1.54, 1.807) is 7.05 Å². The summed E-state index contributed by atoms with van der Waals surface area (Å²) in [6.07, 6.45) is 0. The SMILES string of the molecule is CCN(CC(=O)NC)C(=O)c1sc2ccc(Br)cc2c1N. The van der Waals surface area contributed by atoms with Gasteiger partial charge in [-0.25, -0.2) is 0 Å². The van der Waals surface area contributed by atoms with Crippen molar-refractivity contribution >= 4 is 54.9 Å². The number of nitrogens with two attached hydrogens (primary N) is 1. The topological polar surface area (TPSA) is 75.4 Å². The van der Waals surface area contributed by atoms with Crippen molar-refractivity contribution in [3.05, 3.63) is 27.5 Å². The van der Waals surface area contributed by atoms with Gasteiger partial charge in [0.15, 0.2) is 0 Å². The maximum atomic E-state index is 12.6. The maximum absolute atomic E-state index is 12.6. The van der Waals surface area contributed by atoms with Gasteiger partial charge in [0.1, 0.15) is 4.88 Å². The molecule has 0 spiro atoms. The van der Waals surface area contributed by atoms with E-state index in [2.05, 4.69) is 21.2 Å². The van der Waals surface area contributed by atoms with Crippen LogP contribution in [-0.2, 0) is 4.79 Å². The summed E-state index contributed by atoms with van der Waals surface area (Å²) in [5, 5.41) is 3.37. The van der Waals surface area contributed by atoms with Gasteiger partial charge in [0, 0.05) is 28.2 Å². The summed E-state index contributed by atoms with van der Waals surface area (Å²) in [6, 6.07) is 5.73. The number of benzene rings is 1. The van der Waals surface area contributed by atoms with Crippen molar-refractivity contribution in [3.8, 4) is 0 Å². The lowest BCUT2D eigenvalue weighted by Crippen LogP contribution is -2.39. The minimum atomic E-state index is -0.212. The van der Waals surface area contributed by atoms with E-state index in [0.29, 0.717) is 17.1 Å². The molecule has 21 heavy (non-hydrogen) atoms. The van der Waals surface area contributed by atoms with Crippen molar-refractivity contribution in [2.75, 3.05) is 25.9 Å². The highest BCUT2D eigenvalue weighted by atomic mass is 79.9. The molecule has 2 amide bonds. The molecule has 0 aliphatic heterocycles. The van der Waals surface area contributed by atoms with Crippen LogP contribution in [-0.4, -0.2) is 36.9 Å². The molecule has 1 aromatic carbocycles. The smallest absolute Gasteiger partial charge is 0.266 e. The highest BCUT2D eigenvalue weighted by Gasteiger charge is 2.22. The Labute approximate surface area is 135 Å². The molecular weight excluding hydrogens is 354 g/mol. The van der Waals surface area contributed by atoms with Crippen LogP contribution >= 0.6 is 27.3 Å². The van der Waals surface area contributed by atoms with Crippen LogP contribution in [0.4, 0.5) is 5.69 Å². The number of likely N-dealkylation sites (N-methyl/N-ethyl adjacent to an activating group) is 2. The molecule has 0 bridgehead atoms. The van der Waals surface area contributed by atoms with Gasteiger partial charge in [0.25, 0.3) is 5.91 Å². The summed E-state index contributed by atoms with van der Waals surface area (Å²) in [6.45, 7) is 2.31. The first-order valence-electron chi connectivity index (χ1n) is 6.45. The first-order chi connectivity index (χ1) is 9.97. The van der Waals surface area contributed by atoms with Crippen LogP contribution in [0.1, 0.15) is 16.6 Å². The molecule has 2 aromatic rings. The molecule has 0 aliphatic rings. The number of nitrogens with zero attached hydrogens (tertiary/aromatic N) is 1. The van der Waals surface area contributed by atoms with E-state index in [1.807, 2.05) is 25.1 Å². The number of hydrogen-bond donors (Lipinski definition) is 2. The number of hydrogen-bond acceptors (Lipinski definition) is 4. The van der Waals surface area contributed by atoms with Crippen LogP contribution in [0.2, 0.25) is 0 Å². The second kappa shape index (κ2) is 6.44. The number of nitrogen functional groups attached to an aromatic ring is 1. The molecule has 1 heterocycles. The fourth-order valence-corrected chi connectivity index (χ4v) is 3.40. The van der Waals surface area contributed by atoms with Gasteiger partial charge in [-0.2, -0.15) is 0 Å². The highest BCUT2D eigenvalue weighted by Crippen LogP contribution is 2.35. The molecule has 0 unspecified atom stereocenters. The lowest BCUT2D eigenvalue weighted by atomic mass is 10.2. The number of carbonyl (C=O) groups is 2. The third-order valence-electron chi connectivity index (χ3n) is 3.16. The fraction of sp³-hybridized carbons (Fsp3) is 0.286. The molecule has 0 saturated carbocycles. The molecule has 7 heteroatoms. The van der Waals surface area contributed by atoms with Crippen molar-refractivity contribution in [2.45, 2.75) is 6.92 Å². The molecular formula is C14H16BrN3O2S. The second-order valence-electron chi connectivity index (χ2n) is 4.48. The molecule has 0 radical (unpaired) electrons. The zero-order valence-electron chi connectivity index (χ0n) is 11.8. The summed E-state index contributed by atoms with van der Waals surface area (Å²) in [7, 11) is 1.55. The third-order valence-corrected chi connectivity index (χ3v) is 4.83. The van der Waals surface area contributed by atoms with Crippen LogP contribution in [0.25, 0.3) is 10.1 Å². The van der Waals surface area contributed by atoms with E-state index in [-0.39, 0.29) is 18.4 Å². The number of anilines is 1. The van der Waals surface area contributed by atoms with E-state index in [0.717, 1.165) is 14.6 Å². The molecule has 0 aliphatic carbocycles. The van der Waals surface area contributed by atoms with E-state index in [9.17, 15) is 9.59 Å². The van der Waals surface area contributed by atoms with Crippen LogP contribution in [0.15, 0.2) is 22.7 Å². The third kappa shape index (κ3) is 3.19. The Bertz CT molecular complexity index is 699. The molecule has 0 fully saturated rings. The number of carbonyl (C=O) groups excluding carboxylic acids is 2. The molecule has 112 valence electrons. The Balaban J connectivity index is 2.38. The van der Waals surface area contributed by atoms with Gasteiger partial charge in [-0.05, 0) is 25.1 Å². The Morgan fingerprint density at radius 3 is 2.76 bits per heavy atom. The van der Waals surface area contributed by atoms with Crippen LogP contribution < -0.4 is 11.1 Å². The van der Waals surface area contributed by atoms with Gasteiger partial charge in [-0.3, -0.25) is 9.59 Å². The van der Waals surface area contributed by atoms with Gasteiger partial charge in [-0.15, -0.1) is 11.3 Å². The first-order valence-corrected chi connectivity index (χ1v) is 8.06. The molecule has 3 N–H and O–H groups in total. The van der Waals surface area contributed by atoms with Crippen LogP contribution in [0, 0.1) is 0 Å². The maximum Gasteiger partial charge on any atom is 0.266 e. The predicted octanol–water partition coefficient (Wildman–Crippen LogP) is 2.45. The molecule has 0 saturated heterocycles. The van der Waals surface area contributed by atoms with Crippen molar-refractivity contribution in [1.82, 2.24) is 10.2 Å². The monoisotopic (exact) mass is 369 g/mol. The van der Waals surface area contributed by atoms with Crippen molar-refractivity contribution in [1.29, 1.82) is 0 Å². The number of halogens is 1. The van der Waals surface area contributed by atoms with Gasteiger partial charge in [0.2, 0.25) is 5.91 Å². The van der Waals surface area contributed by atoms with Gasteiger partial charge in [-0.1, -0.05) is 15.9 Å². The average Bonchev–Trinajstić information content (AvgIpc) is 2.80. The minimum absolute atomic E-state index is 0.0310. The summed E-state index contributed by atoms with van der Waals surface area (Å²) < 4.78 is 1.87. The minimum Gasteiger partial charge on any atom is -0.397 e. The van der Waals surface area contributed by atoms with E-state index in [1.165, 1.54) is 16.2 Å². The zero-order chi connectivity index (χ0) is 15.6. The second-order valence-corrected chi connectivity index (χ2v) is 6.45. The lowest BCUT2D eigenvalue weighted by Gasteiger charge is -2.19. The summed E-state index contributed by atoms with van der Waals surface area (Å²) in [4.78, 5) is 26.0. The predicted molar refractivity (Wildman–Crippen MR) is 89.6 cm³/mol. The Kier molecular flexibility index (Phi) is 4.84. The number of amides is 2. The van der Waals surface area contributed by atoms with Crippen molar-refractivity contribution < 1.29 is 9.59 Å². The first kappa shape index (κ1) is 15.8. The largest absolute Gasteiger partial charge is 0.397 e. The number of thiophene rings is 1. The summed E-state index contributed by atoms with van der Waals surface area (Å²) in [5.74, 6) is -0.413. The quantitative estimate of drug-likeness (QED) is 0.868. The molecule has 5 nitrogen and oxygen atoms in total. The van der Waals surface area contributed by atoms with Gasteiger partial charge in [0.05, 0.1) is 12.2 Å². The lowest BCUT2D eigenvalue weighted by molar-refractivity contribution is -0.121. The van der Waals surface area contributed by atoms with Gasteiger partial charge >= 0.3 is 0 Å². The average molecular weight is 370 g/mol. The van der Waals surface area contributed by atoms with Crippen LogP contribution in [0.3, 0.4) is 0 Å². The number of rotatable bonds is 4. The van der Waals surface area contributed by atoms with Crippen molar-refractivity contribution in [2.24, 2.45) is 0 Å². The normalized spacial score (nSPS) is 10.6. The van der Waals surface area contributed by atoms with Gasteiger partial charge < -0.3 is 16.0 Å². The number of nitrogens with one attached hydrogen (secondary N) is 1. The Morgan fingerprint density at radius 1 is 1.43 bits per heavy atom. The molecule has 2 rings (SSSR count). The summed E-state index contributed by atoms with van der Waals surface area (Å²) in [5.41, 5.74) is 6.58. The highest BCUT2D eigenvalue weighted by molar-refractivity contribution is 9.10. The standard InChI is InChI=1S/C14H16BrN3O2S/c1-3-18(7-11(19)17-2)14(20)13-12(16)9-6-8(15)4-5-10(9)21-13/h4-6H,3,7,16H2,1-2H3,(H,17,19). The summed E-state index contributed by atoms with van der Waals surface area (Å²) >= 11 is 4.75. The molecule has 0 atom stereocenters. The van der Waals surface area contributed by atoms with E-state index < -0.39 is 0 Å². The zero-order valence-corrected chi connectivity index (χ0v) is 14.2. The van der Waals surface area contributed by atoms with Crippen molar-refractivity contribution in [3.63, 3.8) is 0 Å². The molecule has 1 aromatic heterocycles. The number of fused-ring (bicyclic) bond motifs is 1.